The van der Waals surface area contributed by atoms with Crippen molar-refractivity contribution in [3.05, 3.63) is 54.1 Å². The summed E-state index contributed by atoms with van der Waals surface area (Å²) in [5, 5.41) is 12.6. The van der Waals surface area contributed by atoms with Crippen LogP contribution in [0.3, 0.4) is 0 Å². The number of aliphatic hydroxyl groups excluding tert-OH is 1. The number of carbonyl (C=O) groups is 1. The van der Waals surface area contributed by atoms with Crippen LogP contribution >= 0.6 is 0 Å². The van der Waals surface area contributed by atoms with Gasteiger partial charge in [0, 0.05) is 11.6 Å². The van der Waals surface area contributed by atoms with Crippen molar-refractivity contribution in [2.24, 2.45) is 5.92 Å². The molecule has 2 aromatic carbocycles. The van der Waals surface area contributed by atoms with E-state index in [1.165, 1.54) is 0 Å². The second-order valence-electron chi connectivity index (χ2n) is 6.68. The number of rotatable bonds is 6. The SMILES string of the molecule is CC[C@H](NC(=O)c1ccc(-c2cccc(OC)c2)cc1)C1CC(O)C1. The number of amides is 1. The van der Waals surface area contributed by atoms with Gasteiger partial charge in [-0.2, -0.15) is 0 Å². The molecule has 0 bridgehead atoms. The molecule has 25 heavy (non-hydrogen) atoms. The molecule has 1 fully saturated rings. The minimum absolute atomic E-state index is 0.0505. The summed E-state index contributed by atoms with van der Waals surface area (Å²) >= 11 is 0. The Morgan fingerprint density at radius 2 is 1.92 bits per heavy atom. The highest BCUT2D eigenvalue weighted by molar-refractivity contribution is 5.94. The lowest BCUT2D eigenvalue weighted by Crippen LogP contribution is -2.46. The summed E-state index contributed by atoms with van der Waals surface area (Å²) in [5.41, 5.74) is 2.76. The van der Waals surface area contributed by atoms with E-state index in [1.807, 2.05) is 48.5 Å². The van der Waals surface area contributed by atoms with Crippen LogP contribution < -0.4 is 10.1 Å². The Bertz CT molecular complexity index is 720. The maximum atomic E-state index is 12.5. The minimum Gasteiger partial charge on any atom is -0.497 e. The molecular formula is C21H25NO3. The second-order valence-corrected chi connectivity index (χ2v) is 6.68. The maximum Gasteiger partial charge on any atom is 0.251 e. The summed E-state index contributed by atoms with van der Waals surface area (Å²) in [7, 11) is 1.65. The number of methoxy groups -OCH3 is 1. The number of hydrogen-bond acceptors (Lipinski definition) is 3. The summed E-state index contributed by atoms with van der Waals surface area (Å²) in [5.74, 6) is 1.15. The normalized spacial score (nSPS) is 20.4. The molecule has 0 heterocycles. The molecule has 0 aromatic heterocycles. The molecule has 0 aliphatic heterocycles. The molecule has 2 N–H and O–H groups in total. The Labute approximate surface area is 148 Å². The summed E-state index contributed by atoms with van der Waals surface area (Å²) in [4.78, 5) is 12.5. The van der Waals surface area contributed by atoms with E-state index in [9.17, 15) is 9.90 Å². The average Bonchev–Trinajstić information content (AvgIpc) is 2.64. The fourth-order valence-electron chi connectivity index (χ4n) is 3.38. The molecule has 4 heteroatoms. The van der Waals surface area contributed by atoms with Crippen LogP contribution in [0, 0.1) is 5.92 Å². The van der Waals surface area contributed by atoms with E-state index in [4.69, 9.17) is 4.74 Å². The maximum absolute atomic E-state index is 12.5. The molecule has 0 unspecified atom stereocenters. The number of carbonyl (C=O) groups excluding carboxylic acids is 1. The van der Waals surface area contributed by atoms with Gasteiger partial charge in [-0.25, -0.2) is 0 Å². The Balaban J connectivity index is 1.67. The molecule has 4 nitrogen and oxygen atoms in total. The van der Waals surface area contributed by atoms with Crippen LogP contribution in [0.2, 0.25) is 0 Å². The lowest BCUT2D eigenvalue weighted by atomic mass is 9.76. The fraction of sp³-hybridized carbons (Fsp3) is 0.381. The number of benzene rings is 2. The molecule has 1 aliphatic rings. The minimum atomic E-state index is -0.196. The highest BCUT2D eigenvalue weighted by atomic mass is 16.5. The van der Waals surface area contributed by atoms with Gasteiger partial charge in [0.1, 0.15) is 5.75 Å². The number of aliphatic hydroxyl groups is 1. The molecule has 0 saturated heterocycles. The zero-order valence-corrected chi connectivity index (χ0v) is 14.7. The van der Waals surface area contributed by atoms with E-state index >= 15 is 0 Å². The van der Waals surface area contributed by atoms with Gasteiger partial charge in [0.05, 0.1) is 13.2 Å². The molecule has 1 saturated carbocycles. The van der Waals surface area contributed by atoms with Gasteiger partial charge in [-0.3, -0.25) is 4.79 Å². The fourth-order valence-corrected chi connectivity index (χ4v) is 3.38. The van der Waals surface area contributed by atoms with Crippen molar-refractivity contribution in [3.8, 4) is 16.9 Å². The van der Waals surface area contributed by atoms with Crippen LogP contribution in [0.1, 0.15) is 36.5 Å². The van der Waals surface area contributed by atoms with Crippen LogP contribution in [-0.2, 0) is 0 Å². The van der Waals surface area contributed by atoms with Crippen LogP contribution in [0.4, 0.5) is 0 Å². The van der Waals surface area contributed by atoms with Crippen LogP contribution in [-0.4, -0.2) is 30.3 Å². The lowest BCUT2D eigenvalue weighted by Gasteiger charge is -2.37. The Morgan fingerprint density at radius 3 is 2.52 bits per heavy atom. The number of nitrogens with one attached hydrogen (secondary N) is 1. The predicted molar refractivity (Wildman–Crippen MR) is 98.7 cm³/mol. The van der Waals surface area contributed by atoms with E-state index in [0.29, 0.717) is 11.5 Å². The van der Waals surface area contributed by atoms with E-state index < -0.39 is 0 Å². The van der Waals surface area contributed by atoms with Crippen LogP contribution in [0.25, 0.3) is 11.1 Å². The van der Waals surface area contributed by atoms with Crippen molar-refractivity contribution in [2.45, 2.75) is 38.3 Å². The third kappa shape index (κ3) is 4.02. The van der Waals surface area contributed by atoms with Crippen molar-refractivity contribution in [1.82, 2.24) is 5.32 Å². The van der Waals surface area contributed by atoms with E-state index in [0.717, 1.165) is 36.1 Å². The standard InChI is InChI=1S/C21H25NO3/c1-3-20(17-11-18(23)12-17)22-21(24)15-9-7-14(8-10-15)16-5-4-6-19(13-16)25-2/h4-10,13,17-18,20,23H,3,11-12H2,1-2H3,(H,22,24)/t17?,18?,20-/m0/s1. The van der Waals surface area contributed by atoms with Crippen LogP contribution in [0.15, 0.2) is 48.5 Å². The highest BCUT2D eigenvalue weighted by Crippen LogP contribution is 2.31. The Morgan fingerprint density at radius 1 is 1.20 bits per heavy atom. The van der Waals surface area contributed by atoms with Crippen molar-refractivity contribution in [1.29, 1.82) is 0 Å². The molecule has 1 aliphatic carbocycles. The molecule has 132 valence electrons. The van der Waals surface area contributed by atoms with Crippen molar-refractivity contribution in [2.75, 3.05) is 7.11 Å². The van der Waals surface area contributed by atoms with Gasteiger partial charge in [-0.05, 0) is 60.6 Å². The van der Waals surface area contributed by atoms with Gasteiger partial charge in [0.25, 0.3) is 5.91 Å². The number of ether oxygens (including phenoxy) is 1. The predicted octanol–water partition coefficient (Wildman–Crippen LogP) is 3.64. The lowest BCUT2D eigenvalue weighted by molar-refractivity contribution is 0.0232. The molecule has 1 amide bonds. The van der Waals surface area contributed by atoms with Gasteiger partial charge in [0.2, 0.25) is 0 Å². The largest absolute Gasteiger partial charge is 0.497 e. The number of hydrogen-bond donors (Lipinski definition) is 2. The van der Waals surface area contributed by atoms with Gasteiger partial charge in [0.15, 0.2) is 0 Å². The van der Waals surface area contributed by atoms with E-state index in [2.05, 4.69) is 12.2 Å². The summed E-state index contributed by atoms with van der Waals surface area (Å²) < 4.78 is 5.26. The molecule has 2 aromatic rings. The van der Waals surface area contributed by atoms with Gasteiger partial charge in [-0.1, -0.05) is 31.2 Å². The highest BCUT2D eigenvalue weighted by Gasteiger charge is 2.33. The third-order valence-corrected chi connectivity index (χ3v) is 5.03. The first-order valence-electron chi connectivity index (χ1n) is 8.84. The summed E-state index contributed by atoms with van der Waals surface area (Å²) in [6, 6.07) is 15.6. The zero-order valence-electron chi connectivity index (χ0n) is 14.7. The Hall–Kier alpha value is -2.33. The van der Waals surface area contributed by atoms with E-state index in [-0.39, 0.29) is 18.1 Å². The quantitative estimate of drug-likeness (QED) is 0.845. The van der Waals surface area contributed by atoms with Crippen molar-refractivity contribution in [3.63, 3.8) is 0 Å². The van der Waals surface area contributed by atoms with E-state index in [1.54, 1.807) is 7.11 Å². The third-order valence-electron chi connectivity index (χ3n) is 5.03. The first-order valence-corrected chi connectivity index (χ1v) is 8.84. The molecule has 1 atom stereocenters. The molecule has 0 spiro atoms. The molecule has 3 rings (SSSR count). The summed E-state index contributed by atoms with van der Waals surface area (Å²) in [6.07, 6.45) is 2.25. The van der Waals surface area contributed by atoms with Gasteiger partial charge < -0.3 is 15.2 Å². The van der Waals surface area contributed by atoms with Crippen LogP contribution in [0.5, 0.6) is 5.75 Å². The Kier molecular flexibility index (Phi) is 5.39. The second kappa shape index (κ2) is 7.70. The average molecular weight is 339 g/mol. The smallest absolute Gasteiger partial charge is 0.251 e. The van der Waals surface area contributed by atoms with Crippen molar-refractivity contribution < 1.29 is 14.6 Å². The van der Waals surface area contributed by atoms with Gasteiger partial charge >= 0.3 is 0 Å². The first-order chi connectivity index (χ1) is 12.1. The molecule has 0 radical (unpaired) electrons. The summed E-state index contributed by atoms with van der Waals surface area (Å²) in [6.45, 7) is 2.07. The first kappa shape index (κ1) is 17.5. The topological polar surface area (TPSA) is 58.6 Å². The van der Waals surface area contributed by atoms with Crippen molar-refractivity contribution >= 4 is 5.91 Å². The molecular weight excluding hydrogens is 314 g/mol. The monoisotopic (exact) mass is 339 g/mol. The zero-order chi connectivity index (χ0) is 17.8. The van der Waals surface area contributed by atoms with Gasteiger partial charge in [-0.15, -0.1) is 0 Å².